The van der Waals surface area contributed by atoms with Crippen molar-refractivity contribution in [2.24, 2.45) is 11.7 Å². The first-order chi connectivity index (χ1) is 13.3. The van der Waals surface area contributed by atoms with Crippen molar-refractivity contribution < 1.29 is 0 Å². The van der Waals surface area contributed by atoms with Crippen LogP contribution in [0.1, 0.15) is 37.3 Å². The fourth-order valence-corrected chi connectivity index (χ4v) is 4.37. The highest BCUT2D eigenvalue weighted by atomic mass is 16.2. The van der Waals surface area contributed by atoms with Crippen molar-refractivity contribution in [1.82, 2.24) is 9.24 Å². The van der Waals surface area contributed by atoms with Crippen LogP contribution in [0, 0.1) is 24.2 Å². The van der Waals surface area contributed by atoms with Gasteiger partial charge in [0.25, 0.3) is 5.56 Å². The third-order valence-corrected chi connectivity index (χ3v) is 5.93. The summed E-state index contributed by atoms with van der Waals surface area (Å²) in [5.74, 6) is 6.07. The predicted molar refractivity (Wildman–Crippen MR) is 109 cm³/mol. The molecule has 1 saturated carbocycles. The molecule has 148 valence electrons. The average molecular weight is 383 g/mol. The summed E-state index contributed by atoms with van der Waals surface area (Å²) in [4.78, 5) is 27.5. The molecule has 4 rings (SSSR count). The summed E-state index contributed by atoms with van der Waals surface area (Å²) in [5.41, 5.74) is 13.7. The molecule has 2 fully saturated rings. The van der Waals surface area contributed by atoms with Gasteiger partial charge in [-0.3, -0.25) is 9.36 Å². The second kappa shape index (κ2) is 6.56. The molecule has 2 unspecified atom stereocenters. The zero-order valence-electron chi connectivity index (χ0n) is 15.9. The molecule has 0 spiro atoms. The zero-order valence-corrected chi connectivity index (χ0v) is 15.9. The molecule has 2 aliphatic rings. The largest absolute Gasteiger partial charge is 0.398 e. The molecule has 0 amide bonds. The van der Waals surface area contributed by atoms with Gasteiger partial charge in [0.15, 0.2) is 0 Å². The Bertz CT molecular complexity index is 1110. The number of aryl methyl sites for hydroxylation is 1. The van der Waals surface area contributed by atoms with Crippen molar-refractivity contribution in [3.8, 4) is 6.07 Å². The van der Waals surface area contributed by atoms with Gasteiger partial charge < -0.3 is 22.2 Å². The first-order valence-corrected chi connectivity index (χ1v) is 9.59. The van der Waals surface area contributed by atoms with Gasteiger partial charge in [-0.1, -0.05) is 0 Å². The van der Waals surface area contributed by atoms with Gasteiger partial charge in [0.1, 0.15) is 0 Å². The lowest BCUT2D eigenvalue weighted by Gasteiger charge is -2.24. The van der Waals surface area contributed by atoms with E-state index in [0.29, 0.717) is 33.6 Å². The number of anilines is 2. The van der Waals surface area contributed by atoms with E-state index in [2.05, 4.69) is 11.0 Å². The molecule has 1 saturated heterocycles. The topological polar surface area (TPSA) is 149 Å². The normalized spacial score (nSPS) is 20.5. The van der Waals surface area contributed by atoms with Crippen LogP contribution in [0.2, 0.25) is 0 Å². The molecule has 9 heteroatoms. The molecule has 1 aliphatic heterocycles. The van der Waals surface area contributed by atoms with E-state index in [1.807, 2.05) is 6.92 Å². The Morgan fingerprint density at radius 1 is 1.32 bits per heavy atom. The van der Waals surface area contributed by atoms with Crippen molar-refractivity contribution in [2.75, 3.05) is 29.6 Å². The summed E-state index contributed by atoms with van der Waals surface area (Å²) in [5, 5.41) is 9.26. The van der Waals surface area contributed by atoms with Gasteiger partial charge in [0.05, 0.1) is 23.0 Å². The Kier molecular flexibility index (Phi) is 4.31. The highest BCUT2D eigenvalue weighted by molar-refractivity contribution is 5.96. The van der Waals surface area contributed by atoms with E-state index in [1.54, 1.807) is 10.6 Å². The maximum Gasteiger partial charge on any atom is 0.350 e. The monoisotopic (exact) mass is 383 g/mol. The number of fused-ring (bicyclic) bond motifs is 1. The van der Waals surface area contributed by atoms with Crippen LogP contribution in [0.15, 0.2) is 15.7 Å². The fourth-order valence-electron chi connectivity index (χ4n) is 4.37. The van der Waals surface area contributed by atoms with E-state index in [-0.39, 0.29) is 6.04 Å². The van der Waals surface area contributed by atoms with Gasteiger partial charge in [-0.05, 0) is 50.2 Å². The number of aromatic nitrogens is 2. The van der Waals surface area contributed by atoms with Crippen LogP contribution in [0.25, 0.3) is 10.9 Å². The van der Waals surface area contributed by atoms with E-state index in [1.165, 1.54) is 0 Å². The molecule has 2 atom stereocenters. The molecule has 9 nitrogen and oxygen atoms in total. The Balaban J connectivity index is 1.84. The van der Waals surface area contributed by atoms with E-state index < -0.39 is 17.3 Å². The number of nitrogen functional groups attached to an aromatic ring is 2. The Hall–Kier alpha value is -2.99. The summed E-state index contributed by atoms with van der Waals surface area (Å²) in [7, 11) is 0. The lowest BCUT2D eigenvalue weighted by atomic mass is 10.0. The lowest BCUT2D eigenvalue weighted by molar-refractivity contribution is 0.511. The first kappa shape index (κ1) is 18.4. The number of nitrogens with two attached hydrogens (primary N) is 3. The van der Waals surface area contributed by atoms with E-state index in [4.69, 9.17) is 22.6 Å². The fraction of sp³-hybridized carbons (Fsp3) is 0.526. The molecule has 1 aliphatic carbocycles. The summed E-state index contributed by atoms with van der Waals surface area (Å²) in [6.45, 7) is 3.50. The van der Waals surface area contributed by atoms with Crippen LogP contribution in [-0.2, 0) is 0 Å². The number of nitrogens with zero attached hydrogens (tertiary/aromatic N) is 4. The summed E-state index contributed by atoms with van der Waals surface area (Å²) in [6, 6.07) is 3.48. The minimum absolute atomic E-state index is 0.0544. The van der Waals surface area contributed by atoms with Crippen LogP contribution in [0.3, 0.4) is 0 Å². The quantitative estimate of drug-likeness (QED) is 0.503. The number of rotatable bonds is 4. The van der Waals surface area contributed by atoms with E-state index in [0.717, 1.165) is 43.6 Å². The molecule has 1 aromatic carbocycles. The maximum absolute atomic E-state index is 12.7. The number of benzene rings is 1. The molecule has 0 radical (unpaired) electrons. The minimum atomic E-state index is -0.566. The molecule has 28 heavy (non-hydrogen) atoms. The van der Waals surface area contributed by atoms with Crippen LogP contribution >= 0.6 is 0 Å². The van der Waals surface area contributed by atoms with Gasteiger partial charge in [-0.25, -0.2) is 4.79 Å². The second-order valence-corrected chi connectivity index (χ2v) is 7.96. The molecule has 6 N–H and O–H groups in total. The van der Waals surface area contributed by atoms with E-state index in [9.17, 15) is 9.59 Å². The zero-order chi connectivity index (χ0) is 20.2. The lowest BCUT2D eigenvalue weighted by Crippen LogP contribution is -2.45. The third kappa shape index (κ3) is 2.81. The molecular formula is C19H25N7O2. The van der Waals surface area contributed by atoms with E-state index >= 15 is 0 Å². The van der Waals surface area contributed by atoms with Gasteiger partial charge in [0.2, 0.25) is 0 Å². The van der Waals surface area contributed by atoms with Crippen LogP contribution in [0.4, 0.5) is 11.4 Å². The van der Waals surface area contributed by atoms with Crippen molar-refractivity contribution in [2.45, 2.75) is 44.7 Å². The standard InChI is InChI=1S/C19H25N7O2/c1-10-15(24-5-4-11(9-24)6-12(21)8-20)7-14(22)16-17(10)25(13-2-3-13)19(28)26(23)18(16)27/h7,11-13H,2-6,9,21-23H2,1H3. The van der Waals surface area contributed by atoms with Gasteiger partial charge in [-0.2, -0.15) is 9.94 Å². The third-order valence-electron chi connectivity index (χ3n) is 5.93. The Labute approximate surface area is 161 Å². The van der Waals surface area contributed by atoms with Crippen molar-refractivity contribution in [3.63, 3.8) is 0 Å². The highest BCUT2D eigenvalue weighted by Gasteiger charge is 2.32. The minimum Gasteiger partial charge on any atom is -0.398 e. The van der Waals surface area contributed by atoms with Gasteiger partial charge >= 0.3 is 5.69 Å². The smallest absolute Gasteiger partial charge is 0.350 e. The number of nitriles is 1. The summed E-state index contributed by atoms with van der Waals surface area (Å²) < 4.78 is 2.29. The summed E-state index contributed by atoms with van der Waals surface area (Å²) in [6.07, 6.45) is 3.36. The highest BCUT2D eigenvalue weighted by Crippen LogP contribution is 2.40. The number of hydrogen-bond acceptors (Lipinski definition) is 7. The number of hydrogen-bond donors (Lipinski definition) is 3. The SMILES string of the molecule is Cc1c(N2CCC(CC(N)C#N)C2)cc(N)c2c(=O)n(N)c(=O)n(C3CC3)c12. The average Bonchev–Trinajstić information content (AvgIpc) is 3.40. The molecule has 0 bridgehead atoms. The molecule has 2 heterocycles. The molecule has 2 aromatic rings. The Morgan fingerprint density at radius 2 is 2.04 bits per heavy atom. The Morgan fingerprint density at radius 3 is 2.68 bits per heavy atom. The van der Waals surface area contributed by atoms with Crippen LogP contribution in [-0.4, -0.2) is 28.4 Å². The van der Waals surface area contributed by atoms with Gasteiger partial charge in [0, 0.05) is 30.5 Å². The van der Waals surface area contributed by atoms with Crippen molar-refractivity contribution >= 4 is 22.3 Å². The maximum atomic E-state index is 12.7. The van der Waals surface area contributed by atoms with Gasteiger partial charge in [-0.15, -0.1) is 0 Å². The van der Waals surface area contributed by atoms with Crippen LogP contribution < -0.4 is 33.5 Å². The predicted octanol–water partition coefficient (Wildman–Crippen LogP) is 0.170. The van der Waals surface area contributed by atoms with Crippen molar-refractivity contribution in [1.29, 1.82) is 5.26 Å². The molecule has 1 aromatic heterocycles. The second-order valence-electron chi connectivity index (χ2n) is 7.96. The van der Waals surface area contributed by atoms with Crippen molar-refractivity contribution in [3.05, 3.63) is 32.5 Å². The first-order valence-electron chi connectivity index (χ1n) is 9.59. The van der Waals surface area contributed by atoms with Crippen LogP contribution in [0.5, 0.6) is 0 Å². The summed E-state index contributed by atoms with van der Waals surface area (Å²) >= 11 is 0. The molecular weight excluding hydrogens is 358 g/mol.